The summed E-state index contributed by atoms with van der Waals surface area (Å²) in [7, 11) is 2.11. The van der Waals surface area contributed by atoms with E-state index in [0.717, 1.165) is 24.2 Å². The fraction of sp³-hybridized carbons (Fsp3) is 0.417. The van der Waals surface area contributed by atoms with E-state index in [4.69, 9.17) is 0 Å². The maximum absolute atomic E-state index is 9.72. The van der Waals surface area contributed by atoms with Crippen molar-refractivity contribution in [3.8, 4) is 12.1 Å². The molecule has 0 N–H and O–H groups in total. The fourth-order valence-corrected chi connectivity index (χ4v) is 4.33. The standard InChI is InChI=1S/C24H27N3/c1-16(2)18-6-8-21(9-7-18)24(14-27(5)15-24)22-10-19(12-25)23(17(3)4)20(11-22)13-26/h6-11,16-17H,14-15H2,1-5H3. The first-order chi connectivity index (χ1) is 12.8. The molecule has 2 aromatic rings. The molecule has 0 aliphatic carbocycles. The van der Waals surface area contributed by atoms with Crippen molar-refractivity contribution in [2.45, 2.75) is 44.9 Å². The van der Waals surface area contributed by atoms with Gasteiger partial charge in [0.05, 0.1) is 23.3 Å². The van der Waals surface area contributed by atoms with Crippen LogP contribution in [0.15, 0.2) is 36.4 Å². The molecule has 1 fully saturated rings. The van der Waals surface area contributed by atoms with Gasteiger partial charge in [-0.2, -0.15) is 10.5 Å². The second kappa shape index (κ2) is 7.18. The highest BCUT2D eigenvalue weighted by Crippen LogP contribution is 2.42. The number of likely N-dealkylation sites (tertiary alicyclic amines) is 1. The summed E-state index contributed by atoms with van der Waals surface area (Å²) in [4.78, 5) is 2.28. The normalized spacial score (nSPS) is 16.0. The van der Waals surface area contributed by atoms with Gasteiger partial charge in [0, 0.05) is 18.5 Å². The summed E-state index contributed by atoms with van der Waals surface area (Å²) in [6.45, 7) is 10.3. The Balaban J connectivity index is 2.16. The molecule has 27 heavy (non-hydrogen) atoms. The number of nitrogens with zero attached hydrogens (tertiary/aromatic N) is 3. The molecule has 0 radical (unpaired) electrons. The van der Waals surface area contributed by atoms with E-state index in [0.29, 0.717) is 17.0 Å². The Morgan fingerprint density at radius 2 is 1.37 bits per heavy atom. The van der Waals surface area contributed by atoms with E-state index in [-0.39, 0.29) is 11.3 Å². The number of hydrogen-bond donors (Lipinski definition) is 0. The second-order valence-corrected chi connectivity index (χ2v) is 8.39. The molecule has 138 valence electrons. The lowest BCUT2D eigenvalue weighted by molar-refractivity contribution is 0.126. The third kappa shape index (κ3) is 3.25. The molecule has 0 amide bonds. The van der Waals surface area contributed by atoms with E-state index in [1.54, 1.807) is 0 Å². The molecular formula is C24H27N3. The minimum Gasteiger partial charge on any atom is -0.304 e. The summed E-state index contributed by atoms with van der Waals surface area (Å²) in [5.41, 5.74) is 5.63. The zero-order valence-corrected chi connectivity index (χ0v) is 16.9. The molecule has 0 bridgehead atoms. The van der Waals surface area contributed by atoms with Gasteiger partial charge in [0.1, 0.15) is 0 Å². The van der Waals surface area contributed by atoms with E-state index in [1.165, 1.54) is 11.1 Å². The summed E-state index contributed by atoms with van der Waals surface area (Å²) < 4.78 is 0. The number of hydrogen-bond acceptors (Lipinski definition) is 3. The van der Waals surface area contributed by atoms with Gasteiger partial charge < -0.3 is 4.90 Å². The zero-order valence-electron chi connectivity index (χ0n) is 16.9. The lowest BCUT2D eigenvalue weighted by atomic mass is 9.67. The highest BCUT2D eigenvalue weighted by molar-refractivity contribution is 5.57. The SMILES string of the molecule is CC(C)c1ccc(C2(c3cc(C#N)c(C(C)C)c(C#N)c3)CN(C)C2)cc1. The zero-order chi connectivity index (χ0) is 19.8. The van der Waals surface area contributed by atoms with Gasteiger partial charge in [-0.05, 0) is 53.3 Å². The molecule has 3 nitrogen and oxygen atoms in total. The Morgan fingerprint density at radius 3 is 1.74 bits per heavy atom. The van der Waals surface area contributed by atoms with Crippen LogP contribution in [0.4, 0.5) is 0 Å². The van der Waals surface area contributed by atoms with Gasteiger partial charge in [0.25, 0.3) is 0 Å². The molecule has 0 atom stereocenters. The summed E-state index contributed by atoms with van der Waals surface area (Å²) in [5.74, 6) is 0.647. The number of benzene rings is 2. The van der Waals surface area contributed by atoms with Crippen LogP contribution in [0.5, 0.6) is 0 Å². The molecule has 1 aliphatic rings. The van der Waals surface area contributed by atoms with Crippen LogP contribution in [0.2, 0.25) is 0 Å². The average Bonchev–Trinajstić information content (AvgIpc) is 2.63. The fourth-order valence-electron chi connectivity index (χ4n) is 4.33. The number of rotatable bonds is 4. The number of nitriles is 2. The minimum absolute atomic E-state index is 0.147. The highest BCUT2D eigenvalue weighted by atomic mass is 15.2. The molecule has 1 aliphatic heterocycles. The second-order valence-electron chi connectivity index (χ2n) is 8.39. The van der Waals surface area contributed by atoms with Gasteiger partial charge in [-0.25, -0.2) is 0 Å². The smallest absolute Gasteiger partial charge is 0.0995 e. The van der Waals surface area contributed by atoms with Crippen LogP contribution in [0, 0.1) is 22.7 Å². The molecule has 1 heterocycles. The van der Waals surface area contributed by atoms with Crippen molar-refractivity contribution in [3.63, 3.8) is 0 Å². The van der Waals surface area contributed by atoms with E-state index < -0.39 is 0 Å². The van der Waals surface area contributed by atoms with Crippen LogP contribution >= 0.6 is 0 Å². The van der Waals surface area contributed by atoms with Crippen LogP contribution in [-0.4, -0.2) is 25.0 Å². The molecule has 0 unspecified atom stereocenters. The maximum Gasteiger partial charge on any atom is 0.0995 e. The Labute approximate surface area is 162 Å². The van der Waals surface area contributed by atoms with Crippen LogP contribution < -0.4 is 0 Å². The molecule has 1 saturated heterocycles. The van der Waals surface area contributed by atoms with Gasteiger partial charge >= 0.3 is 0 Å². The van der Waals surface area contributed by atoms with Crippen molar-refractivity contribution in [2.75, 3.05) is 20.1 Å². The van der Waals surface area contributed by atoms with E-state index >= 15 is 0 Å². The summed E-state index contributed by atoms with van der Waals surface area (Å²) in [5, 5.41) is 19.4. The van der Waals surface area contributed by atoms with Crippen molar-refractivity contribution in [2.24, 2.45) is 0 Å². The molecular weight excluding hydrogens is 330 g/mol. The van der Waals surface area contributed by atoms with Crippen molar-refractivity contribution in [1.82, 2.24) is 4.90 Å². The minimum atomic E-state index is -0.156. The van der Waals surface area contributed by atoms with Gasteiger partial charge in [-0.1, -0.05) is 52.0 Å². The third-order valence-corrected chi connectivity index (χ3v) is 5.76. The largest absolute Gasteiger partial charge is 0.304 e. The van der Waals surface area contributed by atoms with Gasteiger partial charge in [-0.3, -0.25) is 0 Å². The Bertz CT molecular complexity index is 883. The lowest BCUT2D eigenvalue weighted by Crippen LogP contribution is -2.58. The molecule has 0 saturated carbocycles. The lowest BCUT2D eigenvalue weighted by Gasteiger charge is -2.50. The van der Waals surface area contributed by atoms with Crippen LogP contribution in [0.3, 0.4) is 0 Å². The maximum atomic E-state index is 9.72. The Hall–Kier alpha value is -2.62. The summed E-state index contributed by atoms with van der Waals surface area (Å²) in [6.07, 6.45) is 0. The van der Waals surface area contributed by atoms with Gasteiger partial charge in [-0.15, -0.1) is 0 Å². The van der Waals surface area contributed by atoms with Gasteiger partial charge in [0.2, 0.25) is 0 Å². The van der Waals surface area contributed by atoms with Crippen LogP contribution in [-0.2, 0) is 5.41 Å². The molecule has 2 aromatic carbocycles. The molecule has 0 spiro atoms. The first-order valence-electron chi connectivity index (χ1n) is 9.60. The summed E-state index contributed by atoms with van der Waals surface area (Å²) in [6, 6.07) is 17.5. The monoisotopic (exact) mass is 357 g/mol. The van der Waals surface area contributed by atoms with E-state index in [2.05, 4.69) is 62.2 Å². The average molecular weight is 358 g/mol. The quantitative estimate of drug-likeness (QED) is 0.781. The molecule has 3 rings (SSSR count). The Kier molecular flexibility index (Phi) is 5.09. The highest BCUT2D eigenvalue weighted by Gasteiger charge is 2.44. The Morgan fingerprint density at radius 1 is 0.852 bits per heavy atom. The number of likely N-dealkylation sites (N-methyl/N-ethyl adjacent to an activating group) is 1. The van der Waals surface area contributed by atoms with E-state index in [1.807, 2.05) is 26.0 Å². The van der Waals surface area contributed by atoms with E-state index in [9.17, 15) is 10.5 Å². The summed E-state index contributed by atoms with van der Waals surface area (Å²) >= 11 is 0. The molecule has 3 heteroatoms. The van der Waals surface area contributed by atoms with Crippen molar-refractivity contribution >= 4 is 0 Å². The first kappa shape index (κ1) is 19.2. The van der Waals surface area contributed by atoms with Crippen LogP contribution in [0.1, 0.15) is 72.9 Å². The van der Waals surface area contributed by atoms with Gasteiger partial charge in [0.15, 0.2) is 0 Å². The topological polar surface area (TPSA) is 50.8 Å². The van der Waals surface area contributed by atoms with Crippen LogP contribution in [0.25, 0.3) is 0 Å². The molecule has 0 aromatic heterocycles. The van der Waals surface area contributed by atoms with Crippen molar-refractivity contribution < 1.29 is 0 Å². The predicted molar refractivity (Wildman–Crippen MR) is 109 cm³/mol. The predicted octanol–water partition coefficient (Wildman–Crippen LogP) is 4.91. The van der Waals surface area contributed by atoms with Crippen molar-refractivity contribution in [3.05, 3.63) is 69.8 Å². The third-order valence-electron chi connectivity index (χ3n) is 5.76. The first-order valence-corrected chi connectivity index (χ1v) is 9.60. The van der Waals surface area contributed by atoms with Crippen molar-refractivity contribution in [1.29, 1.82) is 10.5 Å².